The van der Waals surface area contributed by atoms with Crippen LogP contribution in [0.5, 0.6) is 5.75 Å². The van der Waals surface area contributed by atoms with E-state index in [4.69, 9.17) is 10.5 Å². The van der Waals surface area contributed by atoms with Crippen LogP contribution in [-0.4, -0.2) is 37.3 Å². The molecule has 1 aromatic carbocycles. The van der Waals surface area contributed by atoms with E-state index >= 15 is 0 Å². The van der Waals surface area contributed by atoms with Crippen LogP contribution in [0.2, 0.25) is 0 Å². The van der Waals surface area contributed by atoms with Crippen LogP contribution in [0.4, 0.5) is 0 Å². The number of carbonyl (C=O) groups excluding carboxylic acids is 1. The van der Waals surface area contributed by atoms with Gasteiger partial charge >= 0.3 is 0 Å². The molecule has 1 atom stereocenters. The molecule has 1 unspecified atom stereocenters. The zero-order valence-corrected chi connectivity index (χ0v) is 13.5. The highest BCUT2D eigenvalue weighted by Gasteiger charge is 2.17. The summed E-state index contributed by atoms with van der Waals surface area (Å²) >= 11 is 1.64. The van der Waals surface area contributed by atoms with Gasteiger partial charge in [0.1, 0.15) is 5.75 Å². The zero-order chi connectivity index (χ0) is 15.1. The Balaban J connectivity index is 2.75. The Morgan fingerprint density at radius 2 is 2.20 bits per heavy atom. The SMILES string of the molecule is CCCC(N)C(=O)N(C)Cc1ccc(SC)c(OC)c1. The third kappa shape index (κ3) is 4.42. The van der Waals surface area contributed by atoms with Gasteiger partial charge in [-0.2, -0.15) is 0 Å². The standard InChI is InChI=1S/C15H24N2O2S/c1-5-6-12(16)15(18)17(2)10-11-7-8-14(20-4)13(9-11)19-3/h7-9,12H,5-6,10,16H2,1-4H3. The average Bonchev–Trinajstić information content (AvgIpc) is 2.46. The molecule has 20 heavy (non-hydrogen) atoms. The van der Waals surface area contributed by atoms with Crippen LogP contribution in [0.25, 0.3) is 0 Å². The molecule has 1 amide bonds. The Morgan fingerprint density at radius 1 is 1.50 bits per heavy atom. The predicted octanol–water partition coefficient (Wildman–Crippen LogP) is 2.50. The fourth-order valence-corrected chi connectivity index (χ4v) is 2.60. The Hall–Kier alpha value is -1.20. The summed E-state index contributed by atoms with van der Waals surface area (Å²) in [5, 5.41) is 0. The maximum absolute atomic E-state index is 12.1. The lowest BCUT2D eigenvalue weighted by Gasteiger charge is -2.21. The fourth-order valence-electron chi connectivity index (χ4n) is 2.05. The molecule has 0 saturated heterocycles. The minimum atomic E-state index is -0.405. The van der Waals surface area contributed by atoms with Crippen molar-refractivity contribution in [3.63, 3.8) is 0 Å². The number of hydrogen-bond donors (Lipinski definition) is 1. The molecule has 0 aliphatic heterocycles. The molecule has 5 heteroatoms. The van der Waals surface area contributed by atoms with E-state index in [1.54, 1.807) is 30.8 Å². The van der Waals surface area contributed by atoms with Crippen molar-refractivity contribution in [2.75, 3.05) is 20.4 Å². The smallest absolute Gasteiger partial charge is 0.239 e. The lowest BCUT2D eigenvalue weighted by Crippen LogP contribution is -2.41. The van der Waals surface area contributed by atoms with Crippen molar-refractivity contribution >= 4 is 17.7 Å². The largest absolute Gasteiger partial charge is 0.496 e. The van der Waals surface area contributed by atoms with Crippen molar-refractivity contribution in [3.8, 4) is 5.75 Å². The molecular formula is C15H24N2O2S. The van der Waals surface area contributed by atoms with E-state index in [1.165, 1.54) is 0 Å². The molecular weight excluding hydrogens is 272 g/mol. The topological polar surface area (TPSA) is 55.6 Å². The normalized spacial score (nSPS) is 12.1. The van der Waals surface area contributed by atoms with Crippen LogP contribution in [0.1, 0.15) is 25.3 Å². The number of ether oxygens (including phenoxy) is 1. The number of hydrogen-bond acceptors (Lipinski definition) is 4. The molecule has 2 N–H and O–H groups in total. The second-order valence-electron chi connectivity index (χ2n) is 4.78. The molecule has 4 nitrogen and oxygen atoms in total. The quantitative estimate of drug-likeness (QED) is 0.786. The van der Waals surface area contributed by atoms with E-state index < -0.39 is 6.04 Å². The van der Waals surface area contributed by atoms with Crippen LogP contribution in [0.3, 0.4) is 0 Å². The van der Waals surface area contributed by atoms with Gasteiger partial charge in [0, 0.05) is 18.5 Å². The lowest BCUT2D eigenvalue weighted by molar-refractivity contribution is -0.132. The number of nitrogens with two attached hydrogens (primary N) is 1. The fraction of sp³-hybridized carbons (Fsp3) is 0.533. The molecule has 1 rings (SSSR count). The average molecular weight is 296 g/mol. The number of nitrogens with zero attached hydrogens (tertiary/aromatic N) is 1. The number of benzene rings is 1. The van der Waals surface area contributed by atoms with Crippen LogP contribution in [0.15, 0.2) is 23.1 Å². The summed E-state index contributed by atoms with van der Waals surface area (Å²) in [5.74, 6) is 0.827. The van der Waals surface area contributed by atoms with E-state index in [0.717, 1.165) is 29.1 Å². The van der Waals surface area contributed by atoms with Crippen LogP contribution >= 0.6 is 11.8 Å². The minimum absolute atomic E-state index is 0.0141. The second-order valence-corrected chi connectivity index (χ2v) is 5.63. The van der Waals surface area contributed by atoms with Gasteiger partial charge in [0.05, 0.1) is 13.2 Å². The maximum Gasteiger partial charge on any atom is 0.239 e. The first-order valence-electron chi connectivity index (χ1n) is 6.74. The van der Waals surface area contributed by atoms with E-state index in [2.05, 4.69) is 0 Å². The molecule has 0 aliphatic rings. The highest BCUT2D eigenvalue weighted by molar-refractivity contribution is 7.98. The van der Waals surface area contributed by atoms with E-state index in [-0.39, 0.29) is 5.91 Å². The number of amides is 1. The van der Waals surface area contributed by atoms with Crippen molar-refractivity contribution in [3.05, 3.63) is 23.8 Å². The molecule has 112 valence electrons. The molecule has 0 radical (unpaired) electrons. The third-order valence-electron chi connectivity index (χ3n) is 3.16. The summed E-state index contributed by atoms with van der Waals surface area (Å²) in [5.41, 5.74) is 6.91. The highest BCUT2D eigenvalue weighted by atomic mass is 32.2. The highest BCUT2D eigenvalue weighted by Crippen LogP contribution is 2.28. The first-order valence-corrected chi connectivity index (χ1v) is 7.97. The van der Waals surface area contributed by atoms with Crippen LogP contribution in [-0.2, 0) is 11.3 Å². The number of carbonyl (C=O) groups is 1. The van der Waals surface area contributed by atoms with Gasteiger partial charge in [-0.15, -0.1) is 11.8 Å². The van der Waals surface area contributed by atoms with Crippen molar-refractivity contribution in [1.82, 2.24) is 4.90 Å². The van der Waals surface area contributed by atoms with Gasteiger partial charge in [0.15, 0.2) is 0 Å². The van der Waals surface area contributed by atoms with E-state index in [9.17, 15) is 4.79 Å². The number of methoxy groups -OCH3 is 1. The Bertz CT molecular complexity index is 451. The summed E-state index contributed by atoms with van der Waals surface area (Å²) in [6.45, 7) is 2.57. The summed E-state index contributed by atoms with van der Waals surface area (Å²) in [7, 11) is 3.44. The summed E-state index contributed by atoms with van der Waals surface area (Å²) < 4.78 is 5.36. The summed E-state index contributed by atoms with van der Waals surface area (Å²) in [6, 6.07) is 5.60. The van der Waals surface area contributed by atoms with Gasteiger partial charge in [0.25, 0.3) is 0 Å². The molecule has 0 fully saturated rings. The Labute approximate surface area is 125 Å². The molecule has 1 aromatic rings. The molecule has 0 heterocycles. The molecule has 0 saturated carbocycles. The molecule has 0 spiro atoms. The van der Waals surface area contributed by atoms with Crippen LogP contribution < -0.4 is 10.5 Å². The summed E-state index contributed by atoms with van der Waals surface area (Å²) in [6.07, 6.45) is 3.64. The van der Waals surface area contributed by atoms with Crippen molar-refractivity contribution in [2.24, 2.45) is 5.73 Å². The van der Waals surface area contributed by atoms with Gasteiger partial charge < -0.3 is 15.4 Å². The minimum Gasteiger partial charge on any atom is -0.496 e. The molecule has 0 bridgehead atoms. The Morgan fingerprint density at radius 3 is 2.75 bits per heavy atom. The summed E-state index contributed by atoms with van der Waals surface area (Å²) in [4.78, 5) is 14.8. The number of likely N-dealkylation sites (N-methyl/N-ethyl adjacent to an activating group) is 1. The van der Waals surface area contributed by atoms with Gasteiger partial charge in [-0.3, -0.25) is 4.79 Å². The first kappa shape index (κ1) is 16.9. The second kappa shape index (κ2) is 8.17. The van der Waals surface area contributed by atoms with Crippen LogP contribution in [0, 0.1) is 0 Å². The lowest BCUT2D eigenvalue weighted by atomic mass is 10.1. The van der Waals surface area contributed by atoms with E-state index in [1.807, 2.05) is 31.4 Å². The van der Waals surface area contributed by atoms with Crippen molar-refractivity contribution in [1.29, 1.82) is 0 Å². The first-order chi connectivity index (χ1) is 9.53. The third-order valence-corrected chi connectivity index (χ3v) is 3.94. The molecule has 0 aliphatic carbocycles. The molecule has 0 aromatic heterocycles. The Kier molecular flexibility index (Phi) is 6.88. The van der Waals surface area contributed by atoms with Crippen molar-refractivity contribution in [2.45, 2.75) is 37.2 Å². The van der Waals surface area contributed by atoms with Gasteiger partial charge in [-0.05, 0) is 30.4 Å². The maximum atomic E-state index is 12.1. The number of thioether (sulfide) groups is 1. The number of rotatable bonds is 7. The van der Waals surface area contributed by atoms with Gasteiger partial charge in [-0.1, -0.05) is 19.4 Å². The zero-order valence-electron chi connectivity index (χ0n) is 12.7. The predicted molar refractivity (Wildman–Crippen MR) is 84.1 cm³/mol. The van der Waals surface area contributed by atoms with Gasteiger partial charge in [0.2, 0.25) is 5.91 Å². The monoisotopic (exact) mass is 296 g/mol. The van der Waals surface area contributed by atoms with Gasteiger partial charge in [-0.25, -0.2) is 0 Å². The van der Waals surface area contributed by atoms with E-state index in [0.29, 0.717) is 6.54 Å². The van der Waals surface area contributed by atoms with Crippen molar-refractivity contribution < 1.29 is 9.53 Å².